The number of ether oxygens (including phenoxy) is 1. The average Bonchev–Trinajstić information content (AvgIpc) is 2.29. The Bertz CT molecular complexity index is 377. The van der Waals surface area contributed by atoms with Gasteiger partial charge < -0.3 is 9.72 Å². The van der Waals surface area contributed by atoms with Gasteiger partial charge in [0.15, 0.2) is 0 Å². The van der Waals surface area contributed by atoms with Gasteiger partial charge in [0.05, 0.1) is 6.61 Å². The number of morpholine rings is 1. The summed E-state index contributed by atoms with van der Waals surface area (Å²) in [5.74, 6) is 0.626. The third-order valence-corrected chi connectivity index (χ3v) is 2.59. The molecule has 1 fully saturated rings. The highest BCUT2D eigenvalue weighted by Gasteiger charge is 2.22. The molecule has 0 radical (unpaired) electrons. The number of hydrogen-bond donors (Lipinski definition) is 1. The van der Waals surface area contributed by atoms with Crippen molar-refractivity contribution in [3.8, 4) is 0 Å². The third-order valence-electron chi connectivity index (χ3n) is 2.59. The number of aromatic amines is 1. The fraction of sp³-hybridized carbons (Fsp3) is 0.600. The molecule has 5 heteroatoms. The lowest BCUT2D eigenvalue weighted by Gasteiger charge is -2.31. The molecule has 0 spiro atoms. The van der Waals surface area contributed by atoms with Crippen molar-refractivity contribution in [1.82, 2.24) is 14.9 Å². The second kappa shape index (κ2) is 4.55. The summed E-state index contributed by atoms with van der Waals surface area (Å²) in [6.07, 6.45) is 1.41. The van der Waals surface area contributed by atoms with Gasteiger partial charge in [0.2, 0.25) is 0 Å². The van der Waals surface area contributed by atoms with Crippen molar-refractivity contribution in [1.29, 1.82) is 0 Å². The zero-order valence-electron chi connectivity index (χ0n) is 8.77. The van der Waals surface area contributed by atoms with Crippen molar-refractivity contribution in [3.05, 3.63) is 28.4 Å². The van der Waals surface area contributed by atoms with Gasteiger partial charge in [-0.25, -0.2) is 4.98 Å². The largest absolute Gasteiger partial charge is 0.368 e. The van der Waals surface area contributed by atoms with Gasteiger partial charge in [-0.15, -0.1) is 0 Å². The van der Waals surface area contributed by atoms with E-state index in [1.54, 1.807) is 0 Å². The van der Waals surface area contributed by atoms with Crippen LogP contribution in [0.4, 0.5) is 0 Å². The maximum atomic E-state index is 11.1. The molecule has 0 aromatic carbocycles. The van der Waals surface area contributed by atoms with E-state index in [2.05, 4.69) is 21.8 Å². The summed E-state index contributed by atoms with van der Waals surface area (Å²) >= 11 is 0. The van der Waals surface area contributed by atoms with Gasteiger partial charge in [0, 0.05) is 25.4 Å². The minimum absolute atomic E-state index is 0.104. The van der Waals surface area contributed by atoms with Crippen LogP contribution in [-0.2, 0) is 4.74 Å². The molecule has 0 amide bonds. The summed E-state index contributed by atoms with van der Waals surface area (Å²) in [7, 11) is 0. The molecular formula is C10H15N3O2. The van der Waals surface area contributed by atoms with Crippen molar-refractivity contribution in [2.75, 3.05) is 26.2 Å². The number of nitrogens with one attached hydrogen (secondary N) is 1. The SMILES string of the molecule is CCN1CCOC(c2nccc(=O)[nH]2)C1. The Balaban J connectivity index is 2.13. The Kier molecular flexibility index (Phi) is 3.13. The molecule has 0 aliphatic carbocycles. The smallest absolute Gasteiger partial charge is 0.250 e. The summed E-state index contributed by atoms with van der Waals surface area (Å²) in [6.45, 7) is 5.55. The fourth-order valence-electron chi connectivity index (χ4n) is 1.70. The van der Waals surface area contributed by atoms with Crippen molar-refractivity contribution < 1.29 is 4.74 Å². The second-order valence-electron chi connectivity index (χ2n) is 3.57. The van der Waals surface area contributed by atoms with Crippen LogP contribution in [0.5, 0.6) is 0 Å². The number of nitrogens with zero attached hydrogens (tertiary/aromatic N) is 2. The molecule has 1 atom stereocenters. The van der Waals surface area contributed by atoms with Gasteiger partial charge >= 0.3 is 0 Å². The standard InChI is InChI=1S/C10H15N3O2/c1-2-13-5-6-15-8(7-13)10-11-4-3-9(14)12-10/h3-4,8H,2,5-7H2,1H3,(H,11,12,14). The molecule has 1 unspecified atom stereocenters. The maximum absolute atomic E-state index is 11.1. The first-order valence-electron chi connectivity index (χ1n) is 5.19. The van der Waals surface area contributed by atoms with Crippen LogP contribution in [-0.4, -0.2) is 41.1 Å². The molecule has 2 heterocycles. The maximum Gasteiger partial charge on any atom is 0.250 e. The summed E-state index contributed by atoms with van der Waals surface area (Å²) in [6, 6.07) is 1.41. The third kappa shape index (κ3) is 2.43. The molecule has 15 heavy (non-hydrogen) atoms. The van der Waals surface area contributed by atoms with Gasteiger partial charge in [-0.1, -0.05) is 6.92 Å². The molecule has 1 saturated heterocycles. The van der Waals surface area contributed by atoms with Gasteiger partial charge in [0.1, 0.15) is 11.9 Å². The highest BCUT2D eigenvalue weighted by Crippen LogP contribution is 2.17. The van der Waals surface area contributed by atoms with E-state index in [0.29, 0.717) is 12.4 Å². The van der Waals surface area contributed by atoms with Crippen LogP contribution in [0.25, 0.3) is 0 Å². The Morgan fingerprint density at radius 2 is 2.60 bits per heavy atom. The van der Waals surface area contributed by atoms with Crippen molar-refractivity contribution in [2.24, 2.45) is 0 Å². The number of likely N-dealkylation sites (N-methyl/N-ethyl adjacent to an activating group) is 1. The van der Waals surface area contributed by atoms with E-state index in [1.165, 1.54) is 12.3 Å². The molecule has 1 aromatic heterocycles. The van der Waals surface area contributed by atoms with Crippen LogP contribution in [0.2, 0.25) is 0 Å². The van der Waals surface area contributed by atoms with Crippen LogP contribution in [0.1, 0.15) is 18.9 Å². The van der Waals surface area contributed by atoms with Crippen LogP contribution in [0.15, 0.2) is 17.1 Å². The highest BCUT2D eigenvalue weighted by molar-refractivity contribution is 4.95. The van der Waals surface area contributed by atoms with E-state index in [4.69, 9.17) is 4.74 Å². The zero-order chi connectivity index (χ0) is 10.7. The summed E-state index contributed by atoms with van der Waals surface area (Å²) < 4.78 is 5.58. The Morgan fingerprint density at radius 3 is 3.33 bits per heavy atom. The molecule has 1 aliphatic heterocycles. The van der Waals surface area contributed by atoms with E-state index in [-0.39, 0.29) is 11.7 Å². The van der Waals surface area contributed by atoms with Crippen LogP contribution in [0, 0.1) is 0 Å². The normalized spacial score (nSPS) is 22.9. The molecule has 1 aliphatic rings. The average molecular weight is 209 g/mol. The molecule has 2 rings (SSSR count). The fourth-order valence-corrected chi connectivity index (χ4v) is 1.70. The zero-order valence-corrected chi connectivity index (χ0v) is 8.77. The number of H-pyrrole nitrogens is 1. The summed E-state index contributed by atoms with van der Waals surface area (Å²) in [4.78, 5) is 20.2. The first-order valence-corrected chi connectivity index (χ1v) is 5.19. The predicted molar refractivity (Wildman–Crippen MR) is 55.7 cm³/mol. The van der Waals surface area contributed by atoms with E-state index in [1.807, 2.05) is 0 Å². The molecule has 5 nitrogen and oxygen atoms in total. The van der Waals surface area contributed by atoms with Crippen molar-refractivity contribution in [3.63, 3.8) is 0 Å². The van der Waals surface area contributed by atoms with E-state index in [9.17, 15) is 4.79 Å². The summed E-state index contributed by atoms with van der Waals surface area (Å²) in [5, 5.41) is 0. The topological polar surface area (TPSA) is 58.2 Å². The number of rotatable bonds is 2. The second-order valence-corrected chi connectivity index (χ2v) is 3.57. The predicted octanol–water partition coefficient (Wildman–Crippen LogP) is 0.163. The van der Waals surface area contributed by atoms with Gasteiger partial charge in [-0.3, -0.25) is 9.69 Å². The van der Waals surface area contributed by atoms with Crippen LogP contribution >= 0.6 is 0 Å². The van der Waals surface area contributed by atoms with Gasteiger partial charge in [-0.05, 0) is 6.54 Å². The lowest BCUT2D eigenvalue weighted by molar-refractivity contribution is -0.0326. The summed E-state index contributed by atoms with van der Waals surface area (Å²) in [5.41, 5.74) is -0.128. The molecule has 1 N–H and O–H groups in total. The quantitative estimate of drug-likeness (QED) is 0.754. The lowest BCUT2D eigenvalue weighted by Crippen LogP contribution is -2.39. The Morgan fingerprint density at radius 1 is 1.73 bits per heavy atom. The van der Waals surface area contributed by atoms with Gasteiger partial charge in [-0.2, -0.15) is 0 Å². The van der Waals surface area contributed by atoms with Crippen LogP contribution < -0.4 is 5.56 Å². The minimum Gasteiger partial charge on any atom is -0.368 e. The van der Waals surface area contributed by atoms with Crippen LogP contribution in [0.3, 0.4) is 0 Å². The molecule has 0 saturated carbocycles. The molecule has 0 bridgehead atoms. The molecule has 1 aromatic rings. The number of aromatic nitrogens is 2. The Hall–Kier alpha value is -1.20. The monoisotopic (exact) mass is 209 g/mol. The number of hydrogen-bond acceptors (Lipinski definition) is 4. The molecular weight excluding hydrogens is 194 g/mol. The van der Waals surface area contributed by atoms with E-state index >= 15 is 0 Å². The lowest BCUT2D eigenvalue weighted by atomic mass is 10.2. The minimum atomic E-state index is -0.128. The van der Waals surface area contributed by atoms with Gasteiger partial charge in [0.25, 0.3) is 5.56 Å². The van der Waals surface area contributed by atoms with E-state index < -0.39 is 0 Å². The van der Waals surface area contributed by atoms with Crippen molar-refractivity contribution >= 4 is 0 Å². The highest BCUT2D eigenvalue weighted by atomic mass is 16.5. The first-order chi connectivity index (χ1) is 7.29. The van der Waals surface area contributed by atoms with E-state index in [0.717, 1.165) is 19.6 Å². The first kappa shape index (κ1) is 10.3. The van der Waals surface area contributed by atoms with Crippen molar-refractivity contribution in [2.45, 2.75) is 13.0 Å². The Labute approximate surface area is 88.1 Å². The molecule has 82 valence electrons.